The van der Waals surface area contributed by atoms with Gasteiger partial charge in [-0.05, 0) is 48.5 Å². The van der Waals surface area contributed by atoms with Crippen molar-refractivity contribution in [3.05, 3.63) is 72.8 Å². The molecule has 0 bridgehead atoms. The van der Waals surface area contributed by atoms with Crippen LogP contribution in [0.25, 0.3) is 0 Å². The highest BCUT2D eigenvalue weighted by molar-refractivity contribution is 7.89. The average molecular weight is 592 g/mol. The van der Waals surface area contributed by atoms with Gasteiger partial charge in [0.05, 0.1) is 34.5 Å². The number of nitrogens with one attached hydrogen (secondary N) is 1. The number of alkyl halides is 3. The maximum absolute atomic E-state index is 13.3. The van der Waals surface area contributed by atoms with Crippen molar-refractivity contribution in [2.45, 2.75) is 43.3 Å². The van der Waals surface area contributed by atoms with E-state index in [0.717, 1.165) is 24.3 Å². The third-order valence-corrected chi connectivity index (χ3v) is 8.42. The number of para-hydroxylation sites is 4. The number of rotatable bonds is 6. The van der Waals surface area contributed by atoms with E-state index < -0.39 is 46.2 Å². The molecular formula is C28H28F3N3O6S. The normalized spacial score (nSPS) is 20.7. The average Bonchev–Trinajstić information content (AvgIpc) is 2.92. The number of halogens is 3. The highest BCUT2D eigenvalue weighted by Gasteiger charge is 2.45. The van der Waals surface area contributed by atoms with E-state index in [1.54, 1.807) is 38.1 Å². The fraction of sp³-hybridized carbons (Fsp3) is 0.321. The van der Waals surface area contributed by atoms with Crippen LogP contribution in [0.5, 0.6) is 17.2 Å². The summed E-state index contributed by atoms with van der Waals surface area (Å²) >= 11 is 0. The fourth-order valence-electron chi connectivity index (χ4n) is 5.09. The zero-order valence-electron chi connectivity index (χ0n) is 22.1. The molecule has 3 atom stereocenters. The highest BCUT2D eigenvalue weighted by Crippen LogP contribution is 2.48. The van der Waals surface area contributed by atoms with Crippen molar-refractivity contribution in [3.8, 4) is 17.2 Å². The van der Waals surface area contributed by atoms with E-state index in [1.807, 2.05) is 29.2 Å². The van der Waals surface area contributed by atoms with Gasteiger partial charge < -0.3 is 24.4 Å². The maximum atomic E-state index is 13.3. The van der Waals surface area contributed by atoms with Crippen LogP contribution in [0, 0.1) is 5.92 Å². The van der Waals surface area contributed by atoms with Gasteiger partial charge in [-0.25, -0.2) is 13.1 Å². The second-order valence-corrected chi connectivity index (χ2v) is 11.8. The second-order valence-electron chi connectivity index (χ2n) is 10.1. The lowest BCUT2D eigenvalue weighted by atomic mass is 9.93. The largest absolute Gasteiger partial charge is 0.573 e. The molecule has 1 saturated heterocycles. The summed E-state index contributed by atoms with van der Waals surface area (Å²) in [4.78, 5) is 16.2. The monoisotopic (exact) mass is 591 g/mol. The number of likely N-dealkylation sites (tertiary alicyclic amines) is 1. The minimum absolute atomic E-state index is 0.0998. The number of nitrogens with zero attached hydrogens (tertiary/aromatic N) is 2. The number of carbonyl (C=O) groups excluding carboxylic acids is 1. The number of amides is 1. The van der Waals surface area contributed by atoms with Gasteiger partial charge in [-0.3, -0.25) is 4.79 Å². The van der Waals surface area contributed by atoms with Gasteiger partial charge >= 0.3 is 6.36 Å². The summed E-state index contributed by atoms with van der Waals surface area (Å²) in [5.41, 5.74) is 1.27. The quantitative estimate of drug-likeness (QED) is 0.438. The summed E-state index contributed by atoms with van der Waals surface area (Å²) in [6, 6.07) is 16.2. The number of piperidine rings is 1. The number of fused-ring (bicyclic) bond motifs is 2. The third kappa shape index (κ3) is 5.97. The Kier molecular flexibility index (Phi) is 7.62. The molecule has 218 valence electrons. The predicted octanol–water partition coefficient (Wildman–Crippen LogP) is 4.40. The molecule has 5 rings (SSSR count). The molecule has 0 unspecified atom stereocenters. The number of carbonyl (C=O) groups is 1. The number of ether oxygens (including phenoxy) is 2. The molecule has 3 aromatic carbocycles. The molecule has 9 nitrogen and oxygen atoms in total. The van der Waals surface area contributed by atoms with Crippen LogP contribution in [0.3, 0.4) is 0 Å². The lowest BCUT2D eigenvalue weighted by Gasteiger charge is -2.48. The Bertz CT molecular complexity index is 1490. The van der Waals surface area contributed by atoms with E-state index >= 15 is 0 Å². The Balaban J connectivity index is 1.49. The number of sulfonamides is 1. The van der Waals surface area contributed by atoms with Crippen LogP contribution < -0.4 is 19.1 Å². The van der Waals surface area contributed by atoms with Gasteiger partial charge in [-0.15, -0.1) is 13.2 Å². The summed E-state index contributed by atoms with van der Waals surface area (Å²) in [7, 11) is -4.33. The lowest BCUT2D eigenvalue weighted by Crippen LogP contribution is -2.66. The van der Waals surface area contributed by atoms with Crippen molar-refractivity contribution in [2.75, 3.05) is 18.0 Å². The number of aliphatic hydroxyl groups excluding tert-OH is 1. The molecule has 1 amide bonds. The molecule has 41 heavy (non-hydrogen) atoms. The molecule has 2 aliphatic rings. The van der Waals surface area contributed by atoms with E-state index in [9.17, 15) is 31.5 Å². The fourth-order valence-corrected chi connectivity index (χ4v) is 6.33. The Labute approximate surface area is 235 Å². The first-order valence-electron chi connectivity index (χ1n) is 12.8. The standard InChI is InChI=1S/C28H28F3N3O6S/c1-17(2)27(36)33-15-20(32-41(37,38)19-13-11-18(12-14-19)40-28(29,30)31)26(35)23(16-33)34-21-7-3-5-9-24(21)39-25-10-6-4-8-22(25)34/h3-14,17,20,23,26,32,35H,15-16H2,1-2H3/t20-,23+,26+/m1/s1. The number of benzene rings is 3. The molecule has 3 aromatic rings. The van der Waals surface area contributed by atoms with Crippen LogP contribution in [-0.4, -0.2) is 62.0 Å². The van der Waals surface area contributed by atoms with Crippen LogP contribution in [0.1, 0.15) is 13.8 Å². The van der Waals surface area contributed by atoms with Crippen molar-refractivity contribution < 1.29 is 41.0 Å². The SMILES string of the molecule is CC(C)C(=O)N1C[C@@H](NS(=O)(=O)c2ccc(OC(F)(F)F)cc2)[C@H](O)[C@@H](N2c3ccccc3Oc3ccccc32)C1. The first-order valence-corrected chi connectivity index (χ1v) is 14.3. The Hall–Kier alpha value is -3.81. The second kappa shape index (κ2) is 10.9. The van der Waals surface area contributed by atoms with Gasteiger partial charge in [0.25, 0.3) is 0 Å². The third-order valence-electron chi connectivity index (χ3n) is 6.91. The van der Waals surface area contributed by atoms with Crippen molar-refractivity contribution in [2.24, 2.45) is 5.92 Å². The van der Waals surface area contributed by atoms with E-state index in [4.69, 9.17) is 4.74 Å². The van der Waals surface area contributed by atoms with Crippen LogP contribution >= 0.6 is 0 Å². The van der Waals surface area contributed by atoms with Gasteiger partial charge in [0.2, 0.25) is 15.9 Å². The predicted molar refractivity (Wildman–Crippen MR) is 144 cm³/mol. The molecule has 0 spiro atoms. The van der Waals surface area contributed by atoms with Crippen LogP contribution in [0.4, 0.5) is 24.5 Å². The van der Waals surface area contributed by atoms with E-state index in [0.29, 0.717) is 22.9 Å². The van der Waals surface area contributed by atoms with Crippen LogP contribution in [0.15, 0.2) is 77.7 Å². The number of hydrogen-bond acceptors (Lipinski definition) is 7. The Morgan fingerprint density at radius 2 is 1.54 bits per heavy atom. The smallest absolute Gasteiger partial charge is 0.453 e. The topological polar surface area (TPSA) is 108 Å². The number of anilines is 2. The zero-order valence-corrected chi connectivity index (χ0v) is 22.9. The summed E-state index contributed by atoms with van der Waals surface area (Å²) in [5.74, 6) is -0.135. The minimum Gasteiger partial charge on any atom is -0.453 e. The van der Waals surface area contributed by atoms with Crippen molar-refractivity contribution in [1.29, 1.82) is 0 Å². The molecule has 0 aliphatic carbocycles. The highest BCUT2D eigenvalue weighted by atomic mass is 32.2. The van der Waals surface area contributed by atoms with Gasteiger partial charge in [-0.2, -0.15) is 0 Å². The molecule has 2 N–H and O–H groups in total. The zero-order chi connectivity index (χ0) is 29.5. The van der Waals surface area contributed by atoms with E-state index in [2.05, 4.69) is 9.46 Å². The van der Waals surface area contributed by atoms with Gasteiger partial charge in [0, 0.05) is 19.0 Å². The van der Waals surface area contributed by atoms with Crippen LogP contribution in [-0.2, 0) is 14.8 Å². The maximum Gasteiger partial charge on any atom is 0.573 e. The summed E-state index contributed by atoms with van der Waals surface area (Å²) < 4.78 is 76.6. The van der Waals surface area contributed by atoms with Crippen molar-refractivity contribution >= 4 is 27.3 Å². The van der Waals surface area contributed by atoms with E-state index in [-0.39, 0.29) is 23.9 Å². The molecule has 0 radical (unpaired) electrons. The van der Waals surface area contributed by atoms with Gasteiger partial charge in [0.15, 0.2) is 11.5 Å². The minimum atomic E-state index is -4.93. The van der Waals surface area contributed by atoms with E-state index in [1.165, 1.54) is 4.90 Å². The Morgan fingerprint density at radius 1 is 0.976 bits per heavy atom. The van der Waals surface area contributed by atoms with Crippen molar-refractivity contribution in [1.82, 2.24) is 9.62 Å². The van der Waals surface area contributed by atoms with Gasteiger partial charge in [0.1, 0.15) is 5.75 Å². The Morgan fingerprint density at radius 3 is 2.07 bits per heavy atom. The van der Waals surface area contributed by atoms with Crippen molar-refractivity contribution in [3.63, 3.8) is 0 Å². The molecule has 2 heterocycles. The summed E-state index contributed by atoms with van der Waals surface area (Å²) in [6.07, 6.45) is -6.23. The molecular weight excluding hydrogens is 563 g/mol. The van der Waals surface area contributed by atoms with Crippen LogP contribution in [0.2, 0.25) is 0 Å². The summed E-state index contributed by atoms with van der Waals surface area (Å²) in [5, 5.41) is 11.7. The number of aliphatic hydroxyl groups is 1. The summed E-state index contributed by atoms with van der Waals surface area (Å²) in [6.45, 7) is 3.44. The first-order chi connectivity index (χ1) is 19.3. The molecule has 13 heteroatoms. The lowest BCUT2D eigenvalue weighted by molar-refractivity contribution is -0.274. The first kappa shape index (κ1) is 28.7. The number of hydrogen-bond donors (Lipinski definition) is 2. The van der Waals surface area contributed by atoms with Gasteiger partial charge in [-0.1, -0.05) is 38.1 Å². The molecule has 0 saturated carbocycles. The molecule has 2 aliphatic heterocycles. The molecule has 0 aromatic heterocycles. The molecule has 1 fully saturated rings.